The molecule has 5 nitrogen and oxygen atoms in total. The highest BCUT2D eigenvalue weighted by molar-refractivity contribution is 7.22. The van der Waals surface area contributed by atoms with Crippen LogP contribution in [-0.2, 0) is 0 Å². The van der Waals surface area contributed by atoms with Crippen molar-refractivity contribution in [2.24, 2.45) is 0 Å². The molecule has 6 heteroatoms. The van der Waals surface area contributed by atoms with E-state index in [1.807, 2.05) is 12.1 Å². The number of rotatable bonds is 2. The van der Waals surface area contributed by atoms with Gasteiger partial charge < -0.3 is 9.80 Å². The highest BCUT2D eigenvalue weighted by atomic mass is 32.1. The summed E-state index contributed by atoms with van der Waals surface area (Å²) in [5.41, 5.74) is 1.09. The van der Waals surface area contributed by atoms with Gasteiger partial charge in [-0.15, -0.1) is 0 Å². The Morgan fingerprint density at radius 1 is 0.952 bits per heavy atom. The number of fused-ring (bicyclic) bond motifs is 1. The van der Waals surface area contributed by atoms with E-state index in [-0.39, 0.29) is 0 Å². The molecule has 1 aliphatic rings. The average molecular weight is 297 g/mol. The van der Waals surface area contributed by atoms with Gasteiger partial charge in [0.15, 0.2) is 5.13 Å². The molecule has 1 aromatic carbocycles. The second kappa shape index (κ2) is 5.29. The second-order valence-corrected chi connectivity index (χ2v) is 6.01. The summed E-state index contributed by atoms with van der Waals surface area (Å²) in [5.74, 6) is 1.01. The maximum Gasteiger partial charge on any atom is 0.186 e. The van der Waals surface area contributed by atoms with Crippen molar-refractivity contribution in [3.05, 3.63) is 42.9 Å². The van der Waals surface area contributed by atoms with Crippen molar-refractivity contribution in [1.29, 1.82) is 0 Å². The largest absolute Gasteiger partial charge is 0.353 e. The first-order chi connectivity index (χ1) is 10.4. The lowest BCUT2D eigenvalue weighted by molar-refractivity contribution is 0.646. The zero-order valence-electron chi connectivity index (χ0n) is 11.5. The van der Waals surface area contributed by atoms with Crippen LogP contribution in [0.1, 0.15) is 0 Å². The molecule has 0 atom stereocenters. The van der Waals surface area contributed by atoms with Gasteiger partial charge in [-0.1, -0.05) is 23.5 Å². The molecule has 21 heavy (non-hydrogen) atoms. The molecule has 0 radical (unpaired) electrons. The van der Waals surface area contributed by atoms with Crippen LogP contribution in [0.4, 0.5) is 10.9 Å². The zero-order chi connectivity index (χ0) is 14.1. The molecule has 2 aromatic heterocycles. The quantitative estimate of drug-likeness (QED) is 0.727. The van der Waals surface area contributed by atoms with Gasteiger partial charge in [0.05, 0.1) is 10.2 Å². The molecule has 4 rings (SSSR count). The maximum atomic E-state index is 4.73. The molecule has 1 saturated heterocycles. The third kappa shape index (κ3) is 2.42. The number of benzene rings is 1. The summed E-state index contributed by atoms with van der Waals surface area (Å²) in [6, 6.07) is 10.3. The Hall–Kier alpha value is -2.21. The van der Waals surface area contributed by atoms with Gasteiger partial charge in [-0.3, -0.25) is 0 Å². The standard InChI is InChI=1S/C15H15N5S/c1-2-4-13-12(3-1)18-15(21-13)20-9-7-19(8-10-20)14-5-6-16-11-17-14/h1-6,11H,7-10H2. The monoisotopic (exact) mass is 297 g/mol. The molecule has 1 aliphatic heterocycles. The number of thiazole rings is 1. The molecule has 0 aliphatic carbocycles. The normalized spacial score (nSPS) is 15.6. The van der Waals surface area contributed by atoms with Crippen LogP contribution < -0.4 is 9.80 Å². The molecule has 3 aromatic rings. The van der Waals surface area contributed by atoms with Crippen molar-refractivity contribution >= 4 is 32.5 Å². The molecule has 0 saturated carbocycles. The van der Waals surface area contributed by atoms with Crippen LogP contribution in [-0.4, -0.2) is 41.1 Å². The smallest absolute Gasteiger partial charge is 0.186 e. The second-order valence-electron chi connectivity index (χ2n) is 5.01. The van der Waals surface area contributed by atoms with Gasteiger partial charge in [0.2, 0.25) is 0 Å². The summed E-state index contributed by atoms with van der Waals surface area (Å²) >= 11 is 1.77. The molecule has 106 valence electrons. The minimum absolute atomic E-state index is 0.965. The lowest BCUT2D eigenvalue weighted by Crippen LogP contribution is -2.46. The van der Waals surface area contributed by atoms with E-state index in [2.05, 4.69) is 38.0 Å². The third-order valence-corrected chi connectivity index (χ3v) is 4.82. The zero-order valence-corrected chi connectivity index (χ0v) is 12.3. The lowest BCUT2D eigenvalue weighted by atomic mass is 10.3. The number of aromatic nitrogens is 3. The number of hydrogen-bond donors (Lipinski definition) is 0. The van der Waals surface area contributed by atoms with E-state index in [0.29, 0.717) is 0 Å². The molecule has 1 fully saturated rings. The first-order valence-corrected chi connectivity index (χ1v) is 7.83. The molecule has 3 heterocycles. The van der Waals surface area contributed by atoms with Gasteiger partial charge in [-0.25, -0.2) is 15.0 Å². The third-order valence-electron chi connectivity index (χ3n) is 3.72. The summed E-state index contributed by atoms with van der Waals surface area (Å²) in [6.45, 7) is 3.88. The van der Waals surface area contributed by atoms with Crippen molar-refractivity contribution in [2.45, 2.75) is 0 Å². The van der Waals surface area contributed by atoms with Crippen LogP contribution >= 0.6 is 11.3 Å². The Kier molecular flexibility index (Phi) is 3.16. The Morgan fingerprint density at radius 2 is 1.76 bits per heavy atom. The average Bonchev–Trinajstić information content (AvgIpc) is 3.00. The molecule has 0 N–H and O–H groups in total. The Balaban J connectivity index is 1.50. The Labute approximate surface area is 126 Å². The Bertz CT molecular complexity index is 701. The summed E-state index contributed by atoms with van der Waals surface area (Å²) in [5, 5.41) is 1.12. The van der Waals surface area contributed by atoms with Gasteiger partial charge in [0.1, 0.15) is 12.1 Å². The first-order valence-electron chi connectivity index (χ1n) is 7.02. The summed E-state index contributed by atoms with van der Waals surface area (Å²) in [4.78, 5) is 17.7. The van der Waals surface area contributed by atoms with Gasteiger partial charge in [0, 0.05) is 32.4 Å². The predicted octanol–water partition coefficient (Wildman–Crippen LogP) is 2.41. The fourth-order valence-electron chi connectivity index (χ4n) is 2.59. The van der Waals surface area contributed by atoms with E-state index in [1.165, 1.54) is 4.70 Å². The van der Waals surface area contributed by atoms with E-state index in [9.17, 15) is 0 Å². The van der Waals surface area contributed by atoms with E-state index in [0.717, 1.165) is 42.6 Å². The van der Waals surface area contributed by atoms with Crippen molar-refractivity contribution < 1.29 is 0 Å². The molecular formula is C15H15N5S. The summed E-state index contributed by atoms with van der Waals surface area (Å²) < 4.78 is 1.26. The highest BCUT2D eigenvalue weighted by Gasteiger charge is 2.20. The van der Waals surface area contributed by atoms with Crippen molar-refractivity contribution in [3.63, 3.8) is 0 Å². The highest BCUT2D eigenvalue weighted by Crippen LogP contribution is 2.29. The fourth-order valence-corrected chi connectivity index (χ4v) is 3.61. The molecule has 0 unspecified atom stereocenters. The van der Waals surface area contributed by atoms with Crippen molar-refractivity contribution in [3.8, 4) is 0 Å². The summed E-state index contributed by atoms with van der Waals surface area (Å²) in [6.07, 6.45) is 3.40. The number of hydrogen-bond acceptors (Lipinski definition) is 6. The first kappa shape index (κ1) is 12.5. The van der Waals surface area contributed by atoms with Crippen LogP contribution in [0.25, 0.3) is 10.2 Å². The van der Waals surface area contributed by atoms with Crippen molar-refractivity contribution in [2.75, 3.05) is 36.0 Å². The van der Waals surface area contributed by atoms with E-state index in [1.54, 1.807) is 23.9 Å². The number of piperazine rings is 1. The lowest BCUT2D eigenvalue weighted by Gasteiger charge is -2.35. The molecular weight excluding hydrogens is 282 g/mol. The van der Waals surface area contributed by atoms with Gasteiger partial charge >= 0.3 is 0 Å². The van der Waals surface area contributed by atoms with Crippen molar-refractivity contribution in [1.82, 2.24) is 15.0 Å². The Morgan fingerprint density at radius 3 is 2.52 bits per heavy atom. The van der Waals surface area contributed by atoms with E-state index >= 15 is 0 Å². The van der Waals surface area contributed by atoms with Crippen LogP contribution in [0.5, 0.6) is 0 Å². The van der Waals surface area contributed by atoms with E-state index in [4.69, 9.17) is 4.98 Å². The molecule has 0 amide bonds. The number of para-hydroxylation sites is 1. The topological polar surface area (TPSA) is 45.2 Å². The van der Waals surface area contributed by atoms with Crippen LogP contribution in [0, 0.1) is 0 Å². The van der Waals surface area contributed by atoms with Gasteiger partial charge in [-0.05, 0) is 18.2 Å². The SMILES string of the molecule is c1ccc2sc(N3CCN(c4ccncn4)CC3)nc2c1. The summed E-state index contributed by atoms with van der Waals surface area (Å²) in [7, 11) is 0. The minimum atomic E-state index is 0.965. The van der Waals surface area contributed by atoms with Crippen LogP contribution in [0.2, 0.25) is 0 Å². The fraction of sp³-hybridized carbons (Fsp3) is 0.267. The van der Waals surface area contributed by atoms with Gasteiger partial charge in [0.25, 0.3) is 0 Å². The van der Waals surface area contributed by atoms with Gasteiger partial charge in [-0.2, -0.15) is 0 Å². The minimum Gasteiger partial charge on any atom is -0.353 e. The maximum absolute atomic E-state index is 4.73. The number of anilines is 2. The number of nitrogens with zero attached hydrogens (tertiary/aromatic N) is 5. The molecule has 0 bridgehead atoms. The van der Waals surface area contributed by atoms with E-state index < -0.39 is 0 Å². The van der Waals surface area contributed by atoms with Crippen LogP contribution in [0.15, 0.2) is 42.9 Å². The molecule has 0 spiro atoms. The van der Waals surface area contributed by atoms with Crippen LogP contribution in [0.3, 0.4) is 0 Å². The predicted molar refractivity (Wildman–Crippen MR) is 86.1 cm³/mol.